The quantitative estimate of drug-likeness (QED) is 0.251. The van der Waals surface area contributed by atoms with Gasteiger partial charge in [0.15, 0.2) is 12.1 Å². The molecule has 1 aromatic heterocycles. The molecule has 0 bridgehead atoms. The van der Waals surface area contributed by atoms with Gasteiger partial charge in [-0.1, -0.05) is 23.7 Å². The van der Waals surface area contributed by atoms with Gasteiger partial charge in [0, 0.05) is 35.2 Å². The average molecular weight is 598 g/mol. The van der Waals surface area contributed by atoms with Gasteiger partial charge in [0.1, 0.15) is 30.3 Å². The topological polar surface area (TPSA) is 138 Å². The van der Waals surface area contributed by atoms with Crippen molar-refractivity contribution in [2.45, 2.75) is 45.1 Å². The number of Topliss-reactive ketones (excluding diaryl/α,β-unsaturated/α-hetero) is 1. The van der Waals surface area contributed by atoms with E-state index in [4.69, 9.17) is 26.1 Å². The number of hydrogen-bond donors (Lipinski definition) is 3. The van der Waals surface area contributed by atoms with Crippen LogP contribution in [0.2, 0.25) is 5.02 Å². The second kappa shape index (κ2) is 11.7. The highest BCUT2D eigenvalue weighted by molar-refractivity contribution is 7.51. The number of rotatable bonds is 9. The summed E-state index contributed by atoms with van der Waals surface area (Å²) in [6, 6.07) is 6.81. The Kier molecular flexibility index (Phi) is 8.65. The van der Waals surface area contributed by atoms with Gasteiger partial charge in [-0.2, -0.15) is 0 Å². The second-order valence-electron chi connectivity index (χ2n) is 9.61. The molecule has 0 aliphatic carbocycles. The molecule has 40 heavy (non-hydrogen) atoms. The molecule has 2 aromatic carbocycles. The second-order valence-corrected chi connectivity index (χ2v) is 11.6. The summed E-state index contributed by atoms with van der Waals surface area (Å²) < 4.78 is 46.7. The fourth-order valence-corrected chi connectivity index (χ4v) is 5.22. The van der Waals surface area contributed by atoms with E-state index in [0.29, 0.717) is 16.5 Å². The predicted octanol–water partition coefficient (Wildman–Crippen LogP) is 3.97. The molecule has 3 unspecified atom stereocenters. The van der Waals surface area contributed by atoms with Gasteiger partial charge in [-0.25, -0.2) is 8.78 Å². The largest absolute Gasteiger partial charge is 0.481 e. The highest BCUT2D eigenvalue weighted by atomic mass is 35.5. The molecule has 10 nitrogen and oxygen atoms in total. The maximum absolute atomic E-state index is 14.5. The van der Waals surface area contributed by atoms with Gasteiger partial charge in [-0.05, 0) is 32.0 Å². The molecular weight excluding hydrogens is 571 g/mol. The Hall–Kier alpha value is -3.31. The van der Waals surface area contributed by atoms with Crippen LogP contribution in [0, 0.1) is 5.82 Å². The fraction of sp³-hybridized carbons (Fsp3) is 0.346. The summed E-state index contributed by atoms with van der Waals surface area (Å²) in [5.74, 6) is -2.14. The fourth-order valence-electron chi connectivity index (χ4n) is 4.72. The molecule has 2 heterocycles. The monoisotopic (exact) mass is 597 g/mol. The molecule has 3 aromatic rings. The Balaban J connectivity index is 1.56. The first-order valence-electron chi connectivity index (χ1n) is 12.2. The van der Waals surface area contributed by atoms with E-state index in [1.807, 2.05) is 0 Å². The number of likely N-dealkylation sites (tertiary alicyclic amines) is 1. The van der Waals surface area contributed by atoms with Gasteiger partial charge < -0.3 is 29.3 Å². The molecule has 14 heteroatoms. The van der Waals surface area contributed by atoms with Gasteiger partial charge >= 0.3 is 7.60 Å². The SMILES string of the molecule is CC(=O)c1cn(CC(=O)N2CC(F)CC2C(=O)NC(C)c2cccc(Cl)c2F)c2cc(OCP(=O)(O)O)ccc12. The number of ether oxygens (including phenoxy) is 1. The number of fused-ring (bicyclic) bond motifs is 1. The number of nitrogens with one attached hydrogen (secondary N) is 1. The van der Waals surface area contributed by atoms with Crippen LogP contribution in [0.3, 0.4) is 0 Å². The first-order valence-corrected chi connectivity index (χ1v) is 14.4. The number of carbonyl (C=O) groups is 3. The lowest BCUT2D eigenvalue weighted by molar-refractivity contribution is -0.139. The van der Waals surface area contributed by atoms with Crippen molar-refractivity contribution in [1.82, 2.24) is 14.8 Å². The van der Waals surface area contributed by atoms with Crippen molar-refractivity contribution in [2.24, 2.45) is 0 Å². The molecular formula is C26H27ClF2N3O7P. The van der Waals surface area contributed by atoms with Crippen LogP contribution < -0.4 is 10.1 Å². The summed E-state index contributed by atoms with van der Waals surface area (Å²) in [6.07, 6.45) is -1.12. The van der Waals surface area contributed by atoms with E-state index >= 15 is 0 Å². The molecule has 1 aliphatic rings. The third-order valence-electron chi connectivity index (χ3n) is 6.62. The summed E-state index contributed by atoms with van der Waals surface area (Å²) >= 11 is 5.84. The summed E-state index contributed by atoms with van der Waals surface area (Å²) in [4.78, 5) is 58.0. The third kappa shape index (κ3) is 6.52. The third-order valence-corrected chi connectivity index (χ3v) is 7.38. The zero-order valence-electron chi connectivity index (χ0n) is 21.5. The van der Waals surface area contributed by atoms with Crippen LogP contribution in [0.4, 0.5) is 8.78 Å². The number of aromatic nitrogens is 1. The van der Waals surface area contributed by atoms with Gasteiger partial charge in [-0.3, -0.25) is 18.9 Å². The van der Waals surface area contributed by atoms with Crippen LogP contribution >= 0.6 is 19.2 Å². The van der Waals surface area contributed by atoms with E-state index in [-0.39, 0.29) is 41.6 Å². The minimum atomic E-state index is -4.45. The molecule has 3 N–H and O–H groups in total. The van der Waals surface area contributed by atoms with E-state index in [0.717, 1.165) is 4.90 Å². The number of carbonyl (C=O) groups excluding carboxylic acids is 3. The highest BCUT2D eigenvalue weighted by Crippen LogP contribution is 2.35. The zero-order valence-corrected chi connectivity index (χ0v) is 23.2. The number of alkyl halides is 1. The minimum absolute atomic E-state index is 0.0993. The number of ketones is 1. The van der Waals surface area contributed by atoms with Crippen LogP contribution in [0.5, 0.6) is 5.75 Å². The van der Waals surface area contributed by atoms with Crippen molar-refractivity contribution < 1.29 is 42.3 Å². The Bertz CT molecular complexity index is 1530. The molecule has 0 spiro atoms. The van der Waals surface area contributed by atoms with Crippen molar-refractivity contribution in [2.75, 3.05) is 12.9 Å². The van der Waals surface area contributed by atoms with Crippen molar-refractivity contribution >= 4 is 47.7 Å². The first kappa shape index (κ1) is 29.7. The molecule has 1 fully saturated rings. The van der Waals surface area contributed by atoms with Crippen molar-refractivity contribution in [3.8, 4) is 5.75 Å². The highest BCUT2D eigenvalue weighted by Gasteiger charge is 2.40. The lowest BCUT2D eigenvalue weighted by atomic mass is 10.1. The Labute approximate surface area is 233 Å². The molecule has 1 saturated heterocycles. The van der Waals surface area contributed by atoms with E-state index in [2.05, 4.69) is 5.32 Å². The molecule has 2 amide bonds. The maximum atomic E-state index is 14.5. The summed E-state index contributed by atoms with van der Waals surface area (Å²) in [5, 5.41) is 2.99. The standard InChI is InChI=1S/C26H27ClF2N3O7P/c1-14(18-4-3-5-21(27)25(18)29)30-26(35)23-8-16(28)10-32(23)24(34)12-31-11-20(15(2)33)19-7-6-17(9-22(19)31)39-13-40(36,37)38/h3-7,9,11,14,16,23H,8,10,12-13H2,1-2H3,(H,30,35)(H2,36,37,38). The number of halogens is 3. The van der Waals surface area contributed by atoms with Gasteiger partial charge in [0.25, 0.3) is 0 Å². The zero-order chi connectivity index (χ0) is 29.4. The molecule has 214 valence electrons. The number of nitrogens with zero attached hydrogens (tertiary/aromatic N) is 2. The Morgan fingerprint density at radius 2 is 1.98 bits per heavy atom. The van der Waals surface area contributed by atoms with Crippen LogP contribution in [0.15, 0.2) is 42.6 Å². The predicted molar refractivity (Wildman–Crippen MR) is 142 cm³/mol. The normalized spacial score (nSPS) is 18.1. The summed E-state index contributed by atoms with van der Waals surface area (Å²) in [7, 11) is -4.45. The molecule has 3 atom stereocenters. The molecule has 0 radical (unpaired) electrons. The lowest BCUT2D eigenvalue weighted by Gasteiger charge is -2.26. The molecule has 4 rings (SSSR count). The number of hydrogen-bond acceptors (Lipinski definition) is 5. The minimum Gasteiger partial charge on any atom is -0.481 e. The summed E-state index contributed by atoms with van der Waals surface area (Å²) in [6.45, 7) is 2.20. The average Bonchev–Trinajstić information content (AvgIpc) is 3.44. The van der Waals surface area contributed by atoms with E-state index < -0.39 is 49.8 Å². The van der Waals surface area contributed by atoms with Crippen molar-refractivity contribution in [1.29, 1.82) is 0 Å². The number of benzene rings is 2. The van der Waals surface area contributed by atoms with Gasteiger partial charge in [-0.15, -0.1) is 0 Å². The van der Waals surface area contributed by atoms with Gasteiger partial charge in [0.2, 0.25) is 11.8 Å². The van der Waals surface area contributed by atoms with Crippen LogP contribution in [0.25, 0.3) is 10.9 Å². The first-order chi connectivity index (χ1) is 18.7. The summed E-state index contributed by atoms with van der Waals surface area (Å²) in [5.41, 5.74) is 0.797. The van der Waals surface area contributed by atoms with Crippen LogP contribution in [0.1, 0.15) is 42.2 Å². The smallest absolute Gasteiger partial charge is 0.362 e. The van der Waals surface area contributed by atoms with E-state index in [1.54, 1.807) is 6.92 Å². The van der Waals surface area contributed by atoms with Crippen LogP contribution in [-0.2, 0) is 20.7 Å². The van der Waals surface area contributed by atoms with E-state index in [1.165, 1.54) is 54.1 Å². The maximum Gasteiger partial charge on any atom is 0.362 e. The van der Waals surface area contributed by atoms with Crippen molar-refractivity contribution in [3.05, 3.63) is 64.6 Å². The van der Waals surface area contributed by atoms with E-state index in [9.17, 15) is 27.7 Å². The Morgan fingerprint density at radius 1 is 1.25 bits per heavy atom. The van der Waals surface area contributed by atoms with Crippen LogP contribution in [-0.4, -0.2) is 62.0 Å². The van der Waals surface area contributed by atoms with Crippen molar-refractivity contribution in [3.63, 3.8) is 0 Å². The lowest BCUT2D eigenvalue weighted by Crippen LogP contribution is -2.47. The molecule has 0 saturated carbocycles. The van der Waals surface area contributed by atoms with Gasteiger partial charge in [0.05, 0.1) is 23.1 Å². The molecule has 1 aliphatic heterocycles. The Morgan fingerprint density at radius 3 is 2.65 bits per heavy atom. The number of amides is 2.